The first-order valence-corrected chi connectivity index (χ1v) is 5.10. The number of thiazole rings is 1. The van der Waals surface area contributed by atoms with Crippen LogP contribution in [0, 0.1) is 0 Å². The van der Waals surface area contributed by atoms with Crippen LogP contribution in [0.4, 0.5) is 0 Å². The van der Waals surface area contributed by atoms with E-state index in [1.807, 2.05) is 19.2 Å². The van der Waals surface area contributed by atoms with E-state index >= 15 is 0 Å². The van der Waals surface area contributed by atoms with E-state index in [2.05, 4.69) is 4.98 Å². The minimum Gasteiger partial charge on any atom is -0.378 e. The first-order valence-electron chi connectivity index (χ1n) is 4.22. The fourth-order valence-corrected chi connectivity index (χ4v) is 1.85. The number of rotatable bonds is 4. The molecule has 0 fully saturated rings. The van der Waals surface area contributed by atoms with Gasteiger partial charge < -0.3 is 10.5 Å². The largest absolute Gasteiger partial charge is 0.378 e. The molecule has 1 aromatic heterocycles. The van der Waals surface area contributed by atoms with E-state index in [0.717, 1.165) is 17.1 Å². The third kappa shape index (κ3) is 3.85. The van der Waals surface area contributed by atoms with Gasteiger partial charge in [0, 0.05) is 24.4 Å². The average molecular weight is 200 g/mol. The Hall–Kier alpha value is -0.450. The van der Waals surface area contributed by atoms with Gasteiger partial charge in [-0.2, -0.15) is 0 Å². The van der Waals surface area contributed by atoms with Crippen LogP contribution in [0.2, 0.25) is 0 Å². The zero-order valence-electron chi connectivity index (χ0n) is 8.33. The maximum absolute atomic E-state index is 5.88. The Kier molecular flexibility index (Phi) is 3.41. The van der Waals surface area contributed by atoms with Gasteiger partial charge in [-0.1, -0.05) is 0 Å². The van der Waals surface area contributed by atoms with Crippen LogP contribution < -0.4 is 5.73 Å². The van der Waals surface area contributed by atoms with Crippen LogP contribution in [-0.2, 0) is 17.8 Å². The fourth-order valence-electron chi connectivity index (χ4n) is 1.09. The Morgan fingerprint density at radius 2 is 2.31 bits per heavy atom. The van der Waals surface area contributed by atoms with Crippen LogP contribution in [0.3, 0.4) is 0 Å². The molecular formula is C9H16N2OS. The second kappa shape index (κ2) is 4.17. The monoisotopic (exact) mass is 200 g/mol. The van der Waals surface area contributed by atoms with Crippen molar-refractivity contribution >= 4 is 11.3 Å². The zero-order valence-corrected chi connectivity index (χ0v) is 9.15. The highest BCUT2D eigenvalue weighted by Gasteiger charge is 2.13. The molecule has 2 N–H and O–H groups in total. The van der Waals surface area contributed by atoms with Crippen molar-refractivity contribution in [3.8, 4) is 0 Å². The lowest BCUT2D eigenvalue weighted by atomic mass is 10.0. The van der Waals surface area contributed by atoms with Crippen LogP contribution in [0.15, 0.2) is 5.38 Å². The summed E-state index contributed by atoms with van der Waals surface area (Å²) in [5.41, 5.74) is 6.76. The van der Waals surface area contributed by atoms with Crippen LogP contribution >= 0.6 is 11.3 Å². The van der Waals surface area contributed by atoms with Crippen molar-refractivity contribution < 1.29 is 4.74 Å². The molecule has 0 saturated heterocycles. The van der Waals surface area contributed by atoms with Crippen LogP contribution in [0.5, 0.6) is 0 Å². The van der Waals surface area contributed by atoms with E-state index in [-0.39, 0.29) is 5.54 Å². The molecule has 0 saturated carbocycles. The Balaban J connectivity index is 2.59. The van der Waals surface area contributed by atoms with Crippen molar-refractivity contribution in [2.24, 2.45) is 5.73 Å². The van der Waals surface area contributed by atoms with Crippen molar-refractivity contribution in [2.75, 3.05) is 7.11 Å². The van der Waals surface area contributed by atoms with E-state index in [1.54, 1.807) is 18.4 Å². The van der Waals surface area contributed by atoms with Crippen LogP contribution in [0.1, 0.15) is 24.5 Å². The number of methoxy groups -OCH3 is 1. The third-order valence-electron chi connectivity index (χ3n) is 1.50. The lowest BCUT2D eigenvalue weighted by Gasteiger charge is -2.15. The highest BCUT2D eigenvalue weighted by atomic mass is 32.1. The number of hydrogen-bond acceptors (Lipinski definition) is 4. The van der Waals surface area contributed by atoms with Gasteiger partial charge in [-0.05, 0) is 13.8 Å². The molecule has 3 nitrogen and oxygen atoms in total. The first kappa shape index (κ1) is 10.6. The number of hydrogen-bond donors (Lipinski definition) is 1. The van der Waals surface area contributed by atoms with Gasteiger partial charge in [-0.25, -0.2) is 4.98 Å². The summed E-state index contributed by atoms with van der Waals surface area (Å²) < 4.78 is 4.99. The maximum Gasteiger partial charge on any atom is 0.119 e. The SMILES string of the molecule is COCc1nc(CC(C)(C)N)cs1. The lowest BCUT2D eigenvalue weighted by molar-refractivity contribution is 0.184. The maximum atomic E-state index is 5.88. The number of ether oxygens (including phenoxy) is 1. The normalized spacial score (nSPS) is 12.0. The molecule has 13 heavy (non-hydrogen) atoms. The predicted octanol–water partition coefficient (Wildman–Crippen LogP) is 1.57. The topological polar surface area (TPSA) is 48.1 Å². The molecule has 1 rings (SSSR count). The molecule has 0 atom stereocenters. The van der Waals surface area contributed by atoms with Crippen molar-refractivity contribution in [1.29, 1.82) is 0 Å². The van der Waals surface area contributed by atoms with Crippen molar-refractivity contribution in [3.63, 3.8) is 0 Å². The van der Waals surface area contributed by atoms with Crippen LogP contribution in [-0.4, -0.2) is 17.6 Å². The number of nitrogens with zero attached hydrogens (tertiary/aromatic N) is 1. The summed E-state index contributed by atoms with van der Waals surface area (Å²) in [6, 6.07) is 0. The second-order valence-electron chi connectivity index (χ2n) is 3.83. The minimum atomic E-state index is -0.182. The molecule has 74 valence electrons. The van der Waals surface area contributed by atoms with E-state index in [9.17, 15) is 0 Å². The summed E-state index contributed by atoms with van der Waals surface area (Å²) in [6.07, 6.45) is 0.813. The standard InChI is InChI=1S/C9H16N2OS/c1-9(2,10)4-7-6-13-8(11-7)5-12-3/h6H,4-5,10H2,1-3H3. The van der Waals surface area contributed by atoms with Crippen molar-refractivity contribution in [2.45, 2.75) is 32.4 Å². The summed E-state index contributed by atoms with van der Waals surface area (Å²) >= 11 is 1.62. The molecule has 0 amide bonds. The van der Waals surface area contributed by atoms with Crippen molar-refractivity contribution in [3.05, 3.63) is 16.1 Å². The summed E-state index contributed by atoms with van der Waals surface area (Å²) in [6.45, 7) is 4.60. The molecule has 4 heteroatoms. The summed E-state index contributed by atoms with van der Waals surface area (Å²) in [5.74, 6) is 0. The number of aromatic nitrogens is 1. The Morgan fingerprint density at radius 1 is 1.62 bits per heavy atom. The predicted molar refractivity (Wildman–Crippen MR) is 54.8 cm³/mol. The van der Waals surface area contributed by atoms with Crippen molar-refractivity contribution in [1.82, 2.24) is 4.98 Å². The quantitative estimate of drug-likeness (QED) is 0.802. The molecule has 0 spiro atoms. The minimum absolute atomic E-state index is 0.182. The Bertz CT molecular complexity index is 265. The highest BCUT2D eigenvalue weighted by Crippen LogP contribution is 2.14. The molecule has 0 bridgehead atoms. The van der Waals surface area contributed by atoms with E-state index < -0.39 is 0 Å². The molecule has 1 aromatic rings. The third-order valence-corrected chi connectivity index (χ3v) is 2.37. The summed E-state index contributed by atoms with van der Waals surface area (Å²) in [4.78, 5) is 4.40. The molecule has 0 unspecified atom stereocenters. The molecular weight excluding hydrogens is 184 g/mol. The average Bonchev–Trinajstić information content (AvgIpc) is 2.33. The van der Waals surface area contributed by atoms with Crippen LogP contribution in [0.25, 0.3) is 0 Å². The Morgan fingerprint density at radius 3 is 2.85 bits per heavy atom. The van der Waals surface area contributed by atoms with E-state index in [0.29, 0.717) is 6.61 Å². The van der Waals surface area contributed by atoms with Gasteiger partial charge in [-0.15, -0.1) is 11.3 Å². The van der Waals surface area contributed by atoms with Gasteiger partial charge in [0.25, 0.3) is 0 Å². The molecule has 0 aliphatic rings. The molecule has 0 aliphatic carbocycles. The van der Waals surface area contributed by atoms with Gasteiger partial charge in [0.2, 0.25) is 0 Å². The molecule has 0 radical (unpaired) electrons. The molecule has 1 heterocycles. The fraction of sp³-hybridized carbons (Fsp3) is 0.667. The summed E-state index contributed by atoms with van der Waals surface area (Å²) in [7, 11) is 1.67. The Labute approximate surface area is 82.9 Å². The van der Waals surface area contributed by atoms with Gasteiger partial charge in [-0.3, -0.25) is 0 Å². The number of nitrogens with two attached hydrogens (primary N) is 1. The molecule has 0 aliphatic heterocycles. The van der Waals surface area contributed by atoms with E-state index in [4.69, 9.17) is 10.5 Å². The van der Waals surface area contributed by atoms with Gasteiger partial charge in [0.1, 0.15) is 5.01 Å². The zero-order chi connectivity index (χ0) is 9.90. The van der Waals surface area contributed by atoms with Gasteiger partial charge in [0.15, 0.2) is 0 Å². The second-order valence-corrected chi connectivity index (χ2v) is 4.77. The summed E-state index contributed by atoms with van der Waals surface area (Å²) in [5, 5.41) is 3.06. The smallest absolute Gasteiger partial charge is 0.119 e. The first-order chi connectivity index (χ1) is 6.01. The van der Waals surface area contributed by atoms with Gasteiger partial charge in [0.05, 0.1) is 12.3 Å². The van der Waals surface area contributed by atoms with E-state index in [1.165, 1.54) is 0 Å². The van der Waals surface area contributed by atoms with Gasteiger partial charge >= 0.3 is 0 Å². The lowest BCUT2D eigenvalue weighted by Crippen LogP contribution is -2.34. The molecule has 0 aromatic carbocycles. The highest BCUT2D eigenvalue weighted by molar-refractivity contribution is 7.09.